The van der Waals surface area contributed by atoms with E-state index in [2.05, 4.69) is 9.88 Å². The molecule has 0 aromatic carbocycles. The van der Waals surface area contributed by atoms with Gasteiger partial charge in [-0.25, -0.2) is 13.4 Å². The van der Waals surface area contributed by atoms with Crippen LogP contribution in [0.25, 0.3) is 0 Å². The third-order valence-electron chi connectivity index (χ3n) is 3.85. The van der Waals surface area contributed by atoms with Crippen LogP contribution in [0.5, 0.6) is 0 Å². The fourth-order valence-electron chi connectivity index (χ4n) is 2.45. The van der Waals surface area contributed by atoms with Crippen LogP contribution in [0.4, 0.5) is 0 Å². The van der Waals surface area contributed by atoms with Crippen LogP contribution in [0.3, 0.4) is 0 Å². The minimum Gasteiger partial charge on any atom is -0.326 e. The number of aromatic nitrogens is 1. The molecule has 2 rings (SSSR count). The first-order chi connectivity index (χ1) is 9.45. The molecule has 0 bridgehead atoms. The molecule has 1 aromatic rings. The zero-order valence-electron chi connectivity index (χ0n) is 12.0. The van der Waals surface area contributed by atoms with Crippen molar-refractivity contribution in [3.8, 4) is 0 Å². The van der Waals surface area contributed by atoms with E-state index in [0.717, 1.165) is 24.9 Å². The summed E-state index contributed by atoms with van der Waals surface area (Å²) in [4.78, 5) is 6.22. The molecule has 0 radical (unpaired) electrons. The second-order valence-corrected chi connectivity index (χ2v) is 7.26. The second kappa shape index (κ2) is 6.17. The Kier molecular flexibility index (Phi) is 4.74. The molecule has 1 aromatic heterocycles. The third-order valence-corrected chi connectivity index (χ3v) is 5.59. The van der Waals surface area contributed by atoms with E-state index in [1.54, 1.807) is 13.1 Å². The van der Waals surface area contributed by atoms with Crippen LogP contribution < -0.4 is 5.73 Å². The molecule has 0 aliphatic carbocycles. The highest BCUT2D eigenvalue weighted by Gasteiger charge is 2.28. The van der Waals surface area contributed by atoms with Crippen molar-refractivity contribution in [1.82, 2.24) is 14.2 Å². The van der Waals surface area contributed by atoms with Gasteiger partial charge in [0.2, 0.25) is 0 Å². The van der Waals surface area contributed by atoms with Crippen molar-refractivity contribution >= 4 is 10.0 Å². The molecular weight excluding hydrogens is 276 g/mol. The molecule has 6 nitrogen and oxygen atoms in total. The van der Waals surface area contributed by atoms with Gasteiger partial charge in [-0.05, 0) is 38.1 Å². The Morgan fingerprint density at radius 3 is 2.75 bits per heavy atom. The van der Waals surface area contributed by atoms with Crippen molar-refractivity contribution in [3.05, 3.63) is 23.9 Å². The van der Waals surface area contributed by atoms with Gasteiger partial charge in [0.15, 0.2) is 5.03 Å². The summed E-state index contributed by atoms with van der Waals surface area (Å²) in [5.41, 5.74) is 6.31. The van der Waals surface area contributed by atoms with E-state index in [0.29, 0.717) is 13.1 Å². The smallest absolute Gasteiger partial charge is 0.260 e. The summed E-state index contributed by atoms with van der Waals surface area (Å²) in [6.45, 7) is 1.89. The van der Waals surface area contributed by atoms with E-state index in [9.17, 15) is 8.42 Å². The summed E-state index contributed by atoms with van der Waals surface area (Å²) in [5.74, 6) is 0. The fraction of sp³-hybridized carbons (Fsp3) is 0.615. The maximum Gasteiger partial charge on any atom is 0.260 e. The molecule has 0 saturated carbocycles. The Morgan fingerprint density at radius 2 is 2.25 bits per heavy atom. The zero-order chi connectivity index (χ0) is 14.8. The first-order valence-corrected chi connectivity index (χ1v) is 8.20. The normalized spacial score (nSPS) is 20.7. The van der Waals surface area contributed by atoms with Crippen molar-refractivity contribution in [3.63, 3.8) is 0 Å². The lowest BCUT2D eigenvalue weighted by atomic mass is 10.2. The molecular formula is C13H22N4O2S. The number of likely N-dealkylation sites (tertiary alicyclic amines) is 1. The van der Waals surface area contributed by atoms with Gasteiger partial charge in [-0.3, -0.25) is 0 Å². The maximum atomic E-state index is 12.4. The van der Waals surface area contributed by atoms with Crippen LogP contribution in [0, 0.1) is 0 Å². The van der Waals surface area contributed by atoms with Crippen molar-refractivity contribution in [2.45, 2.75) is 30.5 Å². The number of hydrogen-bond acceptors (Lipinski definition) is 5. The van der Waals surface area contributed by atoms with Crippen LogP contribution in [-0.2, 0) is 16.6 Å². The first kappa shape index (κ1) is 15.4. The van der Waals surface area contributed by atoms with Gasteiger partial charge in [-0.1, -0.05) is 6.07 Å². The number of nitrogens with two attached hydrogens (primary N) is 1. The molecule has 1 aliphatic heterocycles. The first-order valence-electron chi connectivity index (χ1n) is 6.76. The third kappa shape index (κ3) is 3.17. The number of hydrogen-bond donors (Lipinski definition) is 1. The lowest BCUT2D eigenvalue weighted by molar-refractivity contribution is 0.270. The van der Waals surface area contributed by atoms with E-state index in [1.807, 2.05) is 7.05 Å². The Balaban J connectivity index is 2.11. The number of sulfonamides is 1. The number of nitrogens with zero attached hydrogens (tertiary/aromatic N) is 3. The highest BCUT2D eigenvalue weighted by Crippen LogP contribution is 2.19. The lowest BCUT2D eigenvalue weighted by Gasteiger charge is -2.25. The standard InChI is InChI=1S/C13H22N4O2S/c1-16-7-3-4-12(16)10-17(2)20(18,19)13-6-5-11(8-14)9-15-13/h5-6,9,12H,3-4,7-8,10,14H2,1-2H3. The van der Waals surface area contributed by atoms with Gasteiger partial charge in [-0.15, -0.1) is 0 Å². The maximum absolute atomic E-state index is 12.4. The summed E-state index contributed by atoms with van der Waals surface area (Å²) in [6.07, 6.45) is 3.68. The lowest BCUT2D eigenvalue weighted by Crippen LogP contribution is -2.39. The van der Waals surface area contributed by atoms with Gasteiger partial charge in [0, 0.05) is 32.4 Å². The van der Waals surface area contributed by atoms with Gasteiger partial charge >= 0.3 is 0 Å². The molecule has 0 spiro atoms. The summed E-state index contributed by atoms with van der Waals surface area (Å²) in [7, 11) is 0.125. The van der Waals surface area contributed by atoms with Gasteiger partial charge in [0.25, 0.3) is 10.0 Å². The fourth-order valence-corrected chi connectivity index (χ4v) is 3.56. The van der Waals surface area contributed by atoms with E-state index < -0.39 is 10.0 Å². The SMILES string of the molecule is CN1CCCC1CN(C)S(=O)(=O)c1ccc(CN)cn1. The van der Waals surface area contributed by atoms with Crippen LogP contribution >= 0.6 is 0 Å². The molecule has 20 heavy (non-hydrogen) atoms. The highest BCUT2D eigenvalue weighted by molar-refractivity contribution is 7.89. The summed E-state index contributed by atoms with van der Waals surface area (Å²) in [6, 6.07) is 3.51. The van der Waals surface area contributed by atoms with Crippen LogP contribution in [0.2, 0.25) is 0 Å². The van der Waals surface area contributed by atoms with Crippen molar-refractivity contribution in [2.24, 2.45) is 5.73 Å². The molecule has 2 N–H and O–H groups in total. The number of rotatable bonds is 5. The Labute approximate surface area is 120 Å². The highest BCUT2D eigenvalue weighted by atomic mass is 32.2. The molecule has 1 atom stereocenters. The van der Waals surface area contributed by atoms with Crippen molar-refractivity contribution < 1.29 is 8.42 Å². The van der Waals surface area contributed by atoms with Gasteiger partial charge in [-0.2, -0.15) is 4.31 Å². The van der Waals surface area contributed by atoms with E-state index in [4.69, 9.17) is 5.73 Å². The molecule has 0 amide bonds. The van der Waals surface area contributed by atoms with Gasteiger partial charge in [0.1, 0.15) is 0 Å². The Bertz CT molecular complexity index is 544. The molecule has 1 saturated heterocycles. The summed E-state index contributed by atoms with van der Waals surface area (Å²) >= 11 is 0. The molecule has 2 heterocycles. The van der Waals surface area contributed by atoms with E-state index >= 15 is 0 Å². The van der Waals surface area contributed by atoms with E-state index in [-0.39, 0.29) is 11.1 Å². The predicted molar refractivity (Wildman–Crippen MR) is 77.6 cm³/mol. The predicted octanol–water partition coefficient (Wildman–Crippen LogP) is 0.255. The number of likely N-dealkylation sites (N-methyl/N-ethyl adjacent to an activating group) is 2. The molecule has 112 valence electrons. The van der Waals surface area contributed by atoms with Crippen molar-refractivity contribution in [1.29, 1.82) is 0 Å². The monoisotopic (exact) mass is 298 g/mol. The number of pyridine rings is 1. The zero-order valence-corrected chi connectivity index (χ0v) is 12.8. The minimum atomic E-state index is -3.52. The largest absolute Gasteiger partial charge is 0.326 e. The molecule has 7 heteroatoms. The Hall–Kier alpha value is -1.02. The van der Waals surface area contributed by atoms with Crippen LogP contribution in [0.1, 0.15) is 18.4 Å². The molecule has 1 aliphatic rings. The van der Waals surface area contributed by atoms with Crippen LogP contribution in [-0.4, -0.2) is 55.8 Å². The summed E-state index contributed by atoms with van der Waals surface area (Å²) in [5, 5.41) is 0.0813. The minimum absolute atomic E-state index is 0.0813. The van der Waals surface area contributed by atoms with Gasteiger partial charge in [0.05, 0.1) is 0 Å². The summed E-state index contributed by atoms with van der Waals surface area (Å²) < 4.78 is 26.3. The van der Waals surface area contributed by atoms with Gasteiger partial charge < -0.3 is 10.6 Å². The second-order valence-electron chi connectivity index (χ2n) is 5.27. The average molecular weight is 298 g/mol. The molecule has 1 unspecified atom stereocenters. The average Bonchev–Trinajstić information content (AvgIpc) is 2.84. The quantitative estimate of drug-likeness (QED) is 0.843. The topological polar surface area (TPSA) is 79.5 Å². The van der Waals surface area contributed by atoms with Crippen molar-refractivity contribution in [2.75, 3.05) is 27.2 Å². The van der Waals surface area contributed by atoms with Crippen LogP contribution in [0.15, 0.2) is 23.4 Å². The molecule has 1 fully saturated rings. The Morgan fingerprint density at radius 1 is 1.50 bits per heavy atom. The van der Waals surface area contributed by atoms with E-state index in [1.165, 1.54) is 16.6 Å².